The lowest BCUT2D eigenvalue weighted by atomic mass is 10.0. The van der Waals surface area contributed by atoms with Crippen molar-refractivity contribution in [2.75, 3.05) is 18.4 Å². The Morgan fingerprint density at radius 2 is 2.08 bits per heavy atom. The maximum absolute atomic E-state index is 12.2. The summed E-state index contributed by atoms with van der Waals surface area (Å²) in [5.74, 6) is -0.754. The number of carbonyl (C=O) groups is 2. The molecule has 0 saturated carbocycles. The van der Waals surface area contributed by atoms with Gasteiger partial charge in [-0.1, -0.05) is 0 Å². The fraction of sp³-hybridized carbons (Fsp3) is 0.529. The second-order valence-corrected chi connectivity index (χ2v) is 7.26. The van der Waals surface area contributed by atoms with Crippen LogP contribution in [-0.4, -0.2) is 46.6 Å². The number of nitrogens with zero attached hydrogens (tertiary/aromatic N) is 2. The van der Waals surface area contributed by atoms with Crippen LogP contribution in [0.2, 0.25) is 0 Å². The lowest BCUT2D eigenvalue weighted by Gasteiger charge is -2.35. The highest BCUT2D eigenvalue weighted by Gasteiger charge is 2.28. The quantitative estimate of drug-likeness (QED) is 0.624. The molecule has 0 aromatic heterocycles. The van der Waals surface area contributed by atoms with Crippen molar-refractivity contribution in [1.29, 1.82) is 0 Å². The Morgan fingerprint density at radius 3 is 2.65 bits per heavy atom. The largest absolute Gasteiger partial charge is 0.444 e. The van der Waals surface area contributed by atoms with Gasteiger partial charge in [0.05, 0.1) is 10.5 Å². The van der Waals surface area contributed by atoms with E-state index < -0.39 is 16.4 Å². The van der Waals surface area contributed by atoms with Crippen LogP contribution in [0.25, 0.3) is 0 Å². The van der Waals surface area contributed by atoms with E-state index in [2.05, 4.69) is 5.32 Å². The number of amides is 2. The standard InChI is InChI=1S/C17H24N4O5/c1-17(2,3)26-16(23)20-8-4-5-11(10-20)19-14-7-6-12(21(24)25)9-13(14)15(18)22/h6-7,9,11,19H,4-5,8,10H2,1-3H3,(H2,18,22)/t11-/m1/s1. The summed E-state index contributed by atoms with van der Waals surface area (Å²) in [4.78, 5) is 35.8. The molecule has 0 bridgehead atoms. The highest BCUT2D eigenvalue weighted by molar-refractivity contribution is 5.99. The Bertz CT molecular complexity index is 714. The molecule has 0 aliphatic carbocycles. The zero-order valence-corrected chi connectivity index (χ0v) is 15.2. The van der Waals surface area contributed by atoms with Gasteiger partial charge in [-0.15, -0.1) is 0 Å². The van der Waals surface area contributed by atoms with Crippen molar-refractivity contribution in [2.45, 2.75) is 45.3 Å². The summed E-state index contributed by atoms with van der Waals surface area (Å²) < 4.78 is 5.39. The van der Waals surface area contributed by atoms with Gasteiger partial charge in [0.2, 0.25) is 0 Å². The molecule has 0 radical (unpaired) electrons. The van der Waals surface area contributed by atoms with E-state index in [1.807, 2.05) is 0 Å². The van der Waals surface area contributed by atoms with Gasteiger partial charge in [-0.05, 0) is 39.7 Å². The SMILES string of the molecule is CC(C)(C)OC(=O)N1CCC[C@@H](Nc2ccc([N+](=O)[O-])cc2C(N)=O)C1. The molecule has 9 nitrogen and oxygen atoms in total. The van der Waals surface area contributed by atoms with E-state index in [-0.39, 0.29) is 23.4 Å². The molecule has 2 rings (SSSR count). The zero-order valence-electron chi connectivity index (χ0n) is 15.2. The van der Waals surface area contributed by atoms with Crippen molar-refractivity contribution in [3.05, 3.63) is 33.9 Å². The van der Waals surface area contributed by atoms with Crippen molar-refractivity contribution in [3.63, 3.8) is 0 Å². The number of benzene rings is 1. The lowest BCUT2D eigenvalue weighted by molar-refractivity contribution is -0.384. The summed E-state index contributed by atoms with van der Waals surface area (Å²) in [6.07, 6.45) is 1.17. The van der Waals surface area contributed by atoms with Gasteiger partial charge < -0.3 is 20.7 Å². The van der Waals surface area contributed by atoms with E-state index in [1.54, 1.807) is 25.7 Å². The number of piperidine rings is 1. The third-order valence-electron chi connectivity index (χ3n) is 3.91. The normalized spacial score (nSPS) is 17.5. The number of hydrogen-bond donors (Lipinski definition) is 2. The molecule has 142 valence electrons. The van der Waals surface area contributed by atoms with E-state index in [9.17, 15) is 19.7 Å². The van der Waals surface area contributed by atoms with E-state index in [4.69, 9.17) is 10.5 Å². The van der Waals surface area contributed by atoms with Crippen molar-refractivity contribution in [1.82, 2.24) is 4.90 Å². The lowest BCUT2D eigenvalue weighted by Crippen LogP contribution is -2.47. The Kier molecular flexibility index (Phi) is 5.69. The smallest absolute Gasteiger partial charge is 0.410 e. The highest BCUT2D eigenvalue weighted by atomic mass is 16.6. The molecule has 1 saturated heterocycles. The van der Waals surface area contributed by atoms with Gasteiger partial charge in [0.15, 0.2) is 0 Å². The number of nitrogens with one attached hydrogen (secondary N) is 1. The summed E-state index contributed by atoms with van der Waals surface area (Å²) in [7, 11) is 0. The number of anilines is 1. The summed E-state index contributed by atoms with van der Waals surface area (Å²) in [5, 5.41) is 14.1. The first kappa shape index (κ1) is 19.5. The van der Waals surface area contributed by atoms with Gasteiger partial charge in [0.25, 0.3) is 11.6 Å². The van der Waals surface area contributed by atoms with Crippen molar-refractivity contribution < 1.29 is 19.2 Å². The molecule has 1 heterocycles. The van der Waals surface area contributed by atoms with Crippen LogP contribution < -0.4 is 11.1 Å². The van der Waals surface area contributed by atoms with Gasteiger partial charge >= 0.3 is 6.09 Å². The van der Waals surface area contributed by atoms with E-state index in [1.165, 1.54) is 12.1 Å². The molecule has 3 N–H and O–H groups in total. The second kappa shape index (κ2) is 7.59. The molecular formula is C17H24N4O5. The number of hydrogen-bond acceptors (Lipinski definition) is 6. The number of likely N-dealkylation sites (tertiary alicyclic amines) is 1. The molecule has 1 atom stereocenters. The molecule has 2 amide bonds. The fourth-order valence-corrected chi connectivity index (χ4v) is 2.78. The Balaban J connectivity index is 2.12. The van der Waals surface area contributed by atoms with E-state index in [0.29, 0.717) is 18.8 Å². The molecular weight excluding hydrogens is 340 g/mol. The van der Waals surface area contributed by atoms with Crippen LogP contribution in [0.4, 0.5) is 16.2 Å². The molecule has 26 heavy (non-hydrogen) atoms. The van der Waals surface area contributed by atoms with Crippen LogP contribution in [0.15, 0.2) is 18.2 Å². The van der Waals surface area contributed by atoms with Gasteiger partial charge in [0, 0.05) is 37.0 Å². The molecule has 1 aromatic carbocycles. The van der Waals surface area contributed by atoms with E-state index >= 15 is 0 Å². The number of ether oxygens (including phenoxy) is 1. The van der Waals surface area contributed by atoms with Crippen molar-refractivity contribution in [2.24, 2.45) is 5.73 Å². The number of primary amides is 1. The topological polar surface area (TPSA) is 128 Å². The monoisotopic (exact) mass is 364 g/mol. The number of nitro benzene ring substituents is 1. The van der Waals surface area contributed by atoms with Crippen LogP contribution in [0.5, 0.6) is 0 Å². The third kappa shape index (κ3) is 5.08. The second-order valence-electron chi connectivity index (χ2n) is 7.26. The molecule has 1 aliphatic heterocycles. The Morgan fingerprint density at radius 1 is 1.38 bits per heavy atom. The van der Waals surface area contributed by atoms with Gasteiger partial charge in [-0.2, -0.15) is 0 Å². The number of nitrogens with two attached hydrogens (primary N) is 1. The number of carbonyl (C=O) groups excluding carboxylic acids is 2. The van der Waals surface area contributed by atoms with Crippen LogP contribution >= 0.6 is 0 Å². The molecule has 0 unspecified atom stereocenters. The third-order valence-corrected chi connectivity index (χ3v) is 3.91. The zero-order chi connectivity index (χ0) is 19.5. The minimum atomic E-state index is -0.754. The first-order chi connectivity index (χ1) is 12.1. The average Bonchev–Trinajstić information content (AvgIpc) is 2.53. The predicted octanol–water partition coefficient (Wildman–Crippen LogP) is 2.51. The number of non-ortho nitro benzene ring substituents is 1. The Labute approximate surface area is 151 Å². The molecule has 1 aliphatic rings. The van der Waals surface area contributed by atoms with Crippen LogP contribution in [-0.2, 0) is 4.74 Å². The van der Waals surface area contributed by atoms with Crippen LogP contribution in [0.1, 0.15) is 44.0 Å². The van der Waals surface area contributed by atoms with Crippen molar-refractivity contribution in [3.8, 4) is 0 Å². The van der Waals surface area contributed by atoms with Gasteiger partial charge in [0.1, 0.15) is 5.60 Å². The average molecular weight is 364 g/mol. The summed E-state index contributed by atoms with van der Waals surface area (Å²) >= 11 is 0. The van der Waals surface area contributed by atoms with Crippen LogP contribution in [0, 0.1) is 10.1 Å². The summed E-state index contributed by atoms with van der Waals surface area (Å²) in [5.41, 5.74) is 5.03. The maximum Gasteiger partial charge on any atom is 0.410 e. The fourth-order valence-electron chi connectivity index (χ4n) is 2.78. The number of rotatable bonds is 4. The summed E-state index contributed by atoms with van der Waals surface area (Å²) in [6, 6.07) is 3.81. The number of nitro groups is 1. The predicted molar refractivity (Wildman–Crippen MR) is 96.1 cm³/mol. The molecule has 9 heteroatoms. The minimum absolute atomic E-state index is 0.0496. The first-order valence-electron chi connectivity index (χ1n) is 8.39. The minimum Gasteiger partial charge on any atom is -0.444 e. The van der Waals surface area contributed by atoms with Crippen LogP contribution in [0.3, 0.4) is 0 Å². The molecule has 1 aromatic rings. The van der Waals surface area contributed by atoms with Gasteiger partial charge in [-0.25, -0.2) is 4.79 Å². The van der Waals surface area contributed by atoms with Gasteiger partial charge in [-0.3, -0.25) is 14.9 Å². The van der Waals surface area contributed by atoms with E-state index in [0.717, 1.165) is 18.9 Å². The Hall–Kier alpha value is -2.84. The van der Waals surface area contributed by atoms with Crippen molar-refractivity contribution >= 4 is 23.4 Å². The summed E-state index contributed by atoms with van der Waals surface area (Å²) in [6.45, 7) is 6.42. The maximum atomic E-state index is 12.2. The molecule has 0 spiro atoms. The first-order valence-corrected chi connectivity index (χ1v) is 8.39. The molecule has 1 fully saturated rings. The highest BCUT2D eigenvalue weighted by Crippen LogP contribution is 2.25.